The number of amides is 1. The molecule has 0 aromatic carbocycles. The third-order valence-electron chi connectivity index (χ3n) is 3.07. The summed E-state index contributed by atoms with van der Waals surface area (Å²) in [6, 6.07) is 0. The zero-order valence-electron chi connectivity index (χ0n) is 10.5. The van der Waals surface area contributed by atoms with Crippen molar-refractivity contribution in [3.05, 3.63) is 23.9 Å². The van der Waals surface area contributed by atoms with Gasteiger partial charge in [-0.3, -0.25) is 9.59 Å². The van der Waals surface area contributed by atoms with Gasteiger partial charge in [0.15, 0.2) is 5.82 Å². The van der Waals surface area contributed by atoms with Crippen LogP contribution < -0.4 is 5.32 Å². The van der Waals surface area contributed by atoms with Crippen molar-refractivity contribution in [3.63, 3.8) is 0 Å². The number of carboxylic acid groups (broad SMARTS) is 1. The molecule has 19 heavy (non-hydrogen) atoms. The Hall–Kier alpha value is -2.18. The third-order valence-corrected chi connectivity index (χ3v) is 3.07. The lowest BCUT2D eigenvalue weighted by atomic mass is 9.82. The Balaban J connectivity index is 1.95. The Morgan fingerprint density at radius 2 is 2.11 bits per heavy atom. The quantitative estimate of drug-likeness (QED) is 0.775. The summed E-state index contributed by atoms with van der Waals surface area (Å²) in [7, 11) is 0. The molecule has 1 amide bonds. The number of rotatable bonds is 4. The molecule has 0 unspecified atom stereocenters. The highest BCUT2D eigenvalue weighted by molar-refractivity contribution is 5.85. The molecule has 0 saturated heterocycles. The lowest BCUT2D eigenvalue weighted by Gasteiger charge is -2.23. The first-order valence-corrected chi connectivity index (χ1v) is 6.02. The second kappa shape index (κ2) is 5.64. The number of carboxylic acids is 1. The average Bonchev–Trinajstić information content (AvgIpc) is 2.81. The summed E-state index contributed by atoms with van der Waals surface area (Å²) in [6.07, 6.45) is 4.45. The summed E-state index contributed by atoms with van der Waals surface area (Å²) in [5, 5.41) is 15.3. The van der Waals surface area contributed by atoms with E-state index in [0.717, 1.165) is 0 Å². The molecule has 2 rings (SSSR count). The van der Waals surface area contributed by atoms with Crippen LogP contribution in [0.4, 0.5) is 0 Å². The van der Waals surface area contributed by atoms with Gasteiger partial charge in [-0.2, -0.15) is 4.98 Å². The predicted molar refractivity (Wildman–Crippen MR) is 63.9 cm³/mol. The van der Waals surface area contributed by atoms with E-state index in [2.05, 4.69) is 15.5 Å². The smallest absolute Gasteiger partial charge is 0.307 e. The van der Waals surface area contributed by atoms with Gasteiger partial charge in [0, 0.05) is 0 Å². The summed E-state index contributed by atoms with van der Waals surface area (Å²) in [4.78, 5) is 27.0. The zero-order chi connectivity index (χ0) is 13.8. The van der Waals surface area contributed by atoms with Crippen molar-refractivity contribution in [2.45, 2.75) is 26.3 Å². The molecule has 7 heteroatoms. The topological polar surface area (TPSA) is 105 Å². The number of aryl methyl sites for hydroxylation is 1. The van der Waals surface area contributed by atoms with Crippen LogP contribution in [0.2, 0.25) is 0 Å². The van der Waals surface area contributed by atoms with E-state index in [-0.39, 0.29) is 12.5 Å². The van der Waals surface area contributed by atoms with E-state index < -0.39 is 17.8 Å². The molecule has 0 aliphatic heterocycles. The van der Waals surface area contributed by atoms with Gasteiger partial charge in [-0.15, -0.1) is 0 Å². The fourth-order valence-electron chi connectivity index (χ4n) is 2.08. The summed E-state index contributed by atoms with van der Waals surface area (Å²) in [5.74, 6) is -1.66. The normalized spacial score (nSPS) is 22.2. The van der Waals surface area contributed by atoms with Crippen LogP contribution >= 0.6 is 0 Å². The second-order valence-corrected chi connectivity index (χ2v) is 4.45. The van der Waals surface area contributed by atoms with Crippen LogP contribution in [0.5, 0.6) is 0 Å². The molecule has 2 N–H and O–H groups in total. The van der Waals surface area contributed by atoms with Crippen LogP contribution in [0.15, 0.2) is 16.7 Å². The number of carbonyl (C=O) groups is 2. The molecule has 1 aromatic heterocycles. The highest BCUT2D eigenvalue weighted by Crippen LogP contribution is 2.26. The van der Waals surface area contributed by atoms with Crippen molar-refractivity contribution >= 4 is 11.9 Å². The van der Waals surface area contributed by atoms with Gasteiger partial charge in [-0.05, 0) is 19.8 Å². The molecular weight excluding hydrogens is 250 g/mol. The van der Waals surface area contributed by atoms with Gasteiger partial charge >= 0.3 is 5.97 Å². The number of aromatic nitrogens is 2. The Morgan fingerprint density at radius 1 is 1.42 bits per heavy atom. The Bertz CT molecular complexity index is 509. The van der Waals surface area contributed by atoms with Crippen LogP contribution in [0.3, 0.4) is 0 Å². The maximum absolute atomic E-state index is 12.0. The number of hydrogen-bond donors (Lipinski definition) is 2. The van der Waals surface area contributed by atoms with Crippen molar-refractivity contribution in [3.8, 4) is 0 Å². The fourth-order valence-corrected chi connectivity index (χ4v) is 2.08. The van der Waals surface area contributed by atoms with Crippen molar-refractivity contribution in [2.75, 3.05) is 0 Å². The minimum Gasteiger partial charge on any atom is -0.481 e. The minimum absolute atomic E-state index is 0.117. The maximum atomic E-state index is 12.0. The molecule has 102 valence electrons. The van der Waals surface area contributed by atoms with E-state index in [9.17, 15) is 9.59 Å². The second-order valence-electron chi connectivity index (χ2n) is 4.45. The van der Waals surface area contributed by atoms with Crippen LogP contribution in [-0.2, 0) is 16.1 Å². The van der Waals surface area contributed by atoms with Gasteiger partial charge in [0.25, 0.3) is 0 Å². The molecule has 0 fully saturated rings. The van der Waals surface area contributed by atoms with Crippen LogP contribution in [-0.4, -0.2) is 27.1 Å². The molecule has 0 saturated carbocycles. The van der Waals surface area contributed by atoms with Gasteiger partial charge in [-0.1, -0.05) is 17.3 Å². The average molecular weight is 265 g/mol. The maximum Gasteiger partial charge on any atom is 0.307 e. The van der Waals surface area contributed by atoms with Crippen molar-refractivity contribution < 1.29 is 19.2 Å². The fraction of sp³-hybridized carbons (Fsp3) is 0.500. The highest BCUT2D eigenvalue weighted by atomic mass is 16.5. The zero-order valence-corrected chi connectivity index (χ0v) is 10.5. The van der Waals surface area contributed by atoms with Crippen molar-refractivity contribution in [1.29, 1.82) is 0 Å². The SMILES string of the molecule is Cc1noc(CNC(=O)[C@@H]2CC=CC[C@@H]2C(=O)O)n1. The van der Waals surface area contributed by atoms with Gasteiger partial charge in [0.05, 0.1) is 18.4 Å². The molecule has 1 aromatic rings. The number of allylic oxidation sites excluding steroid dienone is 2. The van der Waals surface area contributed by atoms with Crippen molar-refractivity contribution in [1.82, 2.24) is 15.5 Å². The first-order valence-electron chi connectivity index (χ1n) is 6.02. The Morgan fingerprint density at radius 3 is 2.68 bits per heavy atom. The number of nitrogens with one attached hydrogen (secondary N) is 1. The standard InChI is InChI=1S/C12H15N3O4/c1-7-14-10(19-15-7)6-13-11(16)8-4-2-3-5-9(8)12(17)18/h2-3,8-9H,4-6H2,1H3,(H,13,16)(H,17,18)/t8-,9+/m1/s1. The summed E-state index contributed by atoms with van der Waals surface area (Å²) < 4.78 is 4.87. The first kappa shape index (κ1) is 13.3. The molecule has 2 atom stereocenters. The van der Waals surface area contributed by atoms with Gasteiger partial charge in [0.1, 0.15) is 0 Å². The van der Waals surface area contributed by atoms with E-state index >= 15 is 0 Å². The largest absolute Gasteiger partial charge is 0.481 e. The Labute approximate surface area is 109 Å². The molecule has 7 nitrogen and oxygen atoms in total. The summed E-state index contributed by atoms with van der Waals surface area (Å²) in [5.41, 5.74) is 0. The Kier molecular flexibility index (Phi) is 3.94. The number of nitrogens with zero attached hydrogens (tertiary/aromatic N) is 2. The molecule has 1 heterocycles. The van der Waals surface area contributed by atoms with E-state index in [1.807, 2.05) is 6.08 Å². The first-order chi connectivity index (χ1) is 9.08. The molecule has 0 radical (unpaired) electrons. The lowest BCUT2D eigenvalue weighted by Crippen LogP contribution is -2.38. The van der Waals surface area contributed by atoms with Gasteiger partial charge in [0.2, 0.25) is 11.8 Å². The number of aliphatic carboxylic acids is 1. The highest BCUT2D eigenvalue weighted by Gasteiger charge is 2.33. The van der Waals surface area contributed by atoms with E-state index in [1.54, 1.807) is 13.0 Å². The monoisotopic (exact) mass is 265 g/mol. The van der Waals surface area contributed by atoms with E-state index in [0.29, 0.717) is 24.6 Å². The molecule has 1 aliphatic rings. The predicted octanol–water partition coefficient (Wildman–Crippen LogP) is 0.661. The van der Waals surface area contributed by atoms with Gasteiger partial charge < -0.3 is 14.9 Å². The molecule has 1 aliphatic carbocycles. The van der Waals surface area contributed by atoms with E-state index in [4.69, 9.17) is 9.63 Å². The molecular formula is C12H15N3O4. The molecule has 0 spiro atoms. The third kappa shape index (κ3) is 3.18. The molecule has 0 bridgehead atoms. The van der Waals surface area contributed by atoms with Crippen LogP contribution in [0.1, 0.15) is 24.6 Å². The minimum atomic E-state index is -0.946. The summed E-state index contributed by atoms with van der Waals surface area (Å²) in [6.45, 7) is 1.80. The van der Waals surface area contributed by atoms with Gasteiger partial charge in [-0.25, -0.2) is 0 Å². The van der Waals surface area contributed by atoms with Crippen molar-refractivity contribution in [2.24, 2.45) is 11.8 Å². The lowest BCUT2D eigenvalue weighted by molar-refractivity contribution is -0.147. The number of carbonyl (C=O) groups excluding carboxylic acids is 1. The number of hydrogen-bond acceptors (Lipinski definition) is 5. The van der Waals surface area contributed by atoms with E-state index in [1.165, 1.54) is 0 Å². The summed E-state index contributed by atoms with van der Waals surface area (Å²) >= 11 is 0. The van der Waals surface area contributed by atoms with Crippen LogP contribution in [0, 0.1) is 18.8 Å². The van der Waals surface area contributed by atoms with Crippen LogP contribution in [0.25, 0.3) is 0 Å².